The molecule has 0 N–H and O–H groups in total. The van der Waals surface area contributed by atoms with Gasteiger partial charge in [-0.1, -0.05) is 17.7 Å². The van der Waals surface area contributed by atoms with Gasteiger partial charge < -0.3 is 4.74 Å². The van der Waals surface area contributed by atoms with Crippen molar-refractivity contribution >= 4 is 11.6 Å². The van der Waals surface area contributed by atoms with Crippen LogP contribution in [-0.2, 0) is 4.74 Å². The van der Waals surface area contributed by atoms with Crippen LogP contribution in [0.5, 0.6) is 0 Å². The molecule has 40 valence electrons. The highest BCUT2D eigenvalue weighted by molar-refractivity contribution is 6.29. The van der Waals surface area contributed by atoms with Gasteiger partial charge in [0.1, 0.15) is 0 Å². The van der Waals surface area contributed by atoms with Crippen molar-refractivity contribution in [3.05, 3.63) is 11.1 Å². The Kier molecular flexibility index (Phi) is 1.71. The molecular weight excluding hydrogens is 112 g/mol. The molecule has 1 nitrogen and oxygen atoms in total. The molecule has 0 saturated heterocycles. The van der Waals surface area contributed by atoms with Gasteiger partial charge in [0.25, 0.3) is 0 Å². The summed E-state index contributed by atoms with van der Waals surface area (Å²) in [5, 5.41) is 0.839. The summed E-state index contributed by atoms with van der Waals surface area (Å²) in [5.41, 5.74) is 0. The Bertz CT molecular complexity index is 88.1. The normalized spacial score (nSPS) is 21.6. The SMILES string of the molecule is ClC1=CCCOC1. The molecule has 0 atom stereocenters. The molecule has 0 radical (unpaired) electrons. The Balaban J connectivity index is 2.40. The maximum absolute atomic E-state index is 5.55. The Labute approximate surface area is 47.9 Å². The second-order valence-corrected chi connectivity index (χ2v) is 1.98. The Hall–Kier alpha value is -0.0100. The lowest BCUT2D eigenvalue weighted by molar-refractivity contribution is 0.155. The molecule has 1 rings (SSSR count). The van der Waals surface area contributed by atoms with E-state index < -0.39 is 0 Å². The van der Waals surface area contributed by atoms with Crippen LogP contribution in [0.15, 0.2) is 11.1 Å². The minimum absolute atomic E-state index is 0.613. The molecule has 2 heteroatoms. The number of halogens is 1. The average molecular weight is 119 g/mol. The molecule has 0 unspecified atom stereocenters. The summed E-state index contributed by atoms with van der Waals surface area (Å²) >= 11 is 5.55. The molecule has 1 aliphatic heterocycles. The smallest absolute Gasteiger partial charge is 0.0819 e. The first-order valence-electron chi connectivity index (χ1n) is 2.32. The molecule has 0 spiro atoms. The summed E-state index contributed by atoms with van der Waals surface area (Å²) < 4.78 is 4.98. The average Bonchev–Trinajstić information content (AvgIpc) is 1.69. The summed E-state index contributed by atoms with van der Waals surface area (Å²) in [6.45, 7) is 1.44. The van der Waals surface area contributed by atoms with Crippen molar-refractivity contribution in [2.45, 2.75) is 6.42 Å². The fourth-order valence-corrected chi connectivity index (χ4v) is 0.714. The van der Waals surface area contributed by atoms with Crippen LogP contribution in [0.3, 0.4) is 0 Å². The highest BCUT2D eigenvalue weighted by Gasteiger charge is 1.96. The Morgan fingerprint density at radius 2 is 2.57 bits per heavy atom. The number of hydrogen-bond acceptors (Lipinski definition) is 1. The third-order valence-corrected chi connectivity index (χ3v) is 1.13. The summed E-state index contributed by atoms with van der Waals surface area (Å²) in [7, 11) is 0. The van der Waals surface area contributed by atoms with Gasteiger partial charge in [0.15, 0.2) is 0 Å². The van der Waals surface area contributed by atoms with Crippen LogP contribution in [0.4, 0.5) is 0 Å². The van der Waals surface area contributed by atoms with E-state index in [4.69, 9.17) is 16.3 Å². The van der Waals surface area contributed by atoms with E-state index in [0.717, 1.165) is 18.1 Å². The second kappa shape index (κ2) is 2.34. The monoisotopic (exact) mass is 118 g/mol. The van der Waals surface area contributed by atoms with Crippen LogP contribution >= 0.6 is 11.6 Å². The molecule has 1 heterocycles. The lowest BCUT2D eigenvalue weighted by atomic mass is 10.3. The predicted molar refractivity (Wildman–Crippen MR) is 29.4 cm³/mol. The fourth-order valence-electron chi connectivity index (χ4n) is 0.527. The largest absolute Gasteiger partial charge is 0.376 e. The summed E-state index contributed by atoms with van der Waals surface area (Å²) in [5.74, 6) is 0. The van der Waals surface area contributed by atoms with Crippen molar-refractivity contribution in [1.29, 1.82) is 0 Å². The van der Waals surface area contributed by atoms with Crippen molar-refractivity contribution in [2.75, 3.05) is 13.2 Å². The lowest BCUT2D eigenvalue weighted by Gasteiger charge is -2.05. The van der Waals surface area contributed by atoms with Gasteiger partial charge >= 0.3 is 0 Å². The van der Waals surface area contributed by atoms with Gasteiger partial charge in [0.2, 0.25) is 0 Å². The predicted octanol–water partition coefficient (Wildman–Crippen LogP) is 1.53. The zero-order valence-electron chi connectivity index (χ0n) is 3.98. The van der Waals surface area contributed by atoms with Crippen molar-refractivity contribution < 1.29 is 4.74 Å². The third kappa shape index (κ3) is 1.49. The highest BCUT2D eigenvalue weighted by Crippen LogP contribution is 2.07. The molecule has 1 aliphatic rings. The molecule has 0 amide bonds. The van der Waals surface area contributed by atoms with Crippen LogP contribution in [0.2, 0.25) is 0 Å². The zero-order valence-corrected chi connectivity index (χ0v) is 4.74. The van der Waals surface area contributed by atoms with Gasteiger partial charge in [0.05, 0.1) is 13.2 Å². The van der Waals surface area contributed by atoms with Gasteiger partial charge in [-0.05, 0) is 6.42 Å². The van der Waals surface area contributed by atoms with E-state index in [1.54, 1.807) is 0 Å². The standard InChI is InChI=1S/C5H7ClO/c6-5-2-1-3-7-4-5/h2H,1,3-4H2. The molecule has 0 bridgehead atoms. The van der Waals surface area contributed by atoms with Gasteiger partial charge in [-0.3, -0.25) is 0 Å². The van der Waals surface area contributed by atoms with Crippen molar-refractivity contribution in [3.8, 4) is 0 Å². The van der Waals surface area contributed by atoms with E-state index in [-0.39, 0.29) is 0 Å². The third-order valence-electron chi connectivity index (χ3n) is 0.868. The second-order valence-electron chi connectivity index (χ2n) is 1.49. The maximum Gasteiger partial charge on any atom is 0.0819 e. The van der Waals surface area contributed by atoms with E-state index >= 15 is 0 Å². The quantitative estimate of drug-likeness (QED) is 0.469. The van der Waals surface area contributed by atoms with Crippen LogP contribution in [0, 0.1) is 0 Å². The maximum atomic E-state index is 5.55. The molecule has 0 aromatic carbocycles. The van der Waals surface area contributed by atoms with Gasteiger partial charge in [-0.15, -0.1) is 0 Å². The van der Waals surface area contributed by atoms with Gasteiger partial charge in [-0.2, -0.15) is 0 Å². The summed E-state index contributed by atoms with van der Waals surface area (Å²) in [4.78, 5) is 0. The van der Waals surface area contributed by atoms with Crippen LogP contribution in [-0.4, -0.2) is 13.2 Å². The molecule has 0 aromatic heterocycles. The van der Waals surface area contributed by atoms with Crippen molar-refractivity contribution in [3.63, 3.8) is 0 Å². The first kappa shape index (κ1) is 5.13. The fraction of sp³-hybridized carbons (Fsp3) is 0.600. The van der Waals surface area contributed by atoms with Crippen LogP contribution in [0.25, 0.3) is 0 Å². The Morgan fingerprint density at radius 3 is 2.86 bits per heavy atom. The van der Waals surface area contributed by atoms with Crippen molar-refractivity contribution in [2.24, 2.45) is 0 Å². The summed E-state index contributed by atoms with van der Waals surface area (Å²) in [6.07, 6.45) is 2.96. The molecule has 7 heavy (non-hydrogen) atoms. The highest BCUT2D eigenvalue weighted by atomic mass is 35.5. The number of rotatable bonds is 0. The van der Waals surface area contributed by atoms with Gasteiger partial charge in [0, 0.05) is 5.03 Å². The van der Waals surface area contributed by atoms with Gasteiger partial charge in [-0.25, -0.2) is 0 Å². The van der Waals surface area contributed by atoms with E-state index in [2.05, 4.69) is 0 Å². The molecule has 0 aromatic rings. The van der Waals surface area contributed by atoms with E-state index in [1.807, 2.05) is 6.08 Å². The number of ether oxygens (including phenoxy) is 1. The van der Waals surface area contributed by atoms with Crippen LogP contribution < -0.4 is 0 Å². The van der Waals surface area contributed by atoms with Crippen molar-refractivity contribution in [1.82, 2.24) is 0 Å². The Morgan fingerprint density at radius 1 is 1.71 bits per heavy atom. The minimum Gasteiger partial charge on any atom is -0.376 e. The topological polar surface area (TPSA) is 9.23 Å². The summed E-state index contributed by atoms with van der Waals surface area (Å²) in [6, 6.07) is 0. The first-order chi connectivity index (χ1) is 3.39. The zero-order chi connectivity index (χ0) is 5.11. The lowest BCUT2D eigenvalue weighted by Crippen LogP contribution is -2.01. The van der Waals surface area contributed by atoms with E-state index in [0.29, 0.717) is 6.61 Å². The van der Waals surface area contributed by atoms with Crippen LogP contribution in [0.1, 0.15) is 6.42 Å². The molecular formula is C5H7ClO. The molecule has 0 aliphatic carbocycles. The molecule has 0 fully saturated rings. The number of hydrogen-bond donors (Lipinski definition) is 0. The van der Waals surface area contributed by atoms with E-state index in [9.17, 15) is 0 Å². The van der Waals surface area contributed by atoms with E-state index in [1.165, 1.54) is 0 Å². The molecule has 0 saturated carbocycles. The minimum atomic E-state index is 0.613. The first-order valence-corrected chi connectivity index (χ1v) is 2.69.